The van der Waals surface area contributed by atoms with Crippen molar-refractivity contribution in [1.82, 2.24) is 9.78 Å². The average molecular weight is 180 g/mol. The SMILES string of the molecule is CCC1CC1(O)c1cn(C)nc1C. The zero-order valence-electron chi connectivity index (χ0n) is 8.41. The van der Waals surface area contributed by atoms with Crippen LogP contribution in [0.4, 0.5) is 0 Å². The monoisotopic (exact) mass is 180 g/mol. The van der Waals surface area contributed by atoms with Crippen molar-refractivity contribution in [3.8, 4) is 0 Å². The number of nitrogens with zero attached hydrogens (tertiary/aromatic N) is 2. The highest BCUT2D eigenvalue weighted by Gasteiger charge is 2.54. The lowest BCUT2D eigenvalue weighted by atomic mass is 10.1. The predicted octanol–water partition coefficient (Wildman–Crippen LogP) is 1.35. The van der Waals surface area contributed by atoms with Crippen molar-refractivity contribution < 1.29 is 5.11 Å². The minimum absolute atomic E-state index is 0.440. The van der Waals surface area contributed by atoms with Gasteiger partial charge in [-0.25, -0.2) is 0 Å². The summed E-state index contributed by atoms with van der Waals surface area (Å²) in [6.07, 6.45) is 3.88. The summed E-state index contributed by atoms with van der Waals surface area (Å²) in [6.45, 7) is 4.08. The van der Waals surface area contributed by atoms with E-state index in [4.69, 9.17) is 0 Å². The molecule has 3 nitrogen and oxygen atoms in total. The summed E-state index contributed by atoms with van der Waals surface area (Å²) in [4.78, 5) is 0. The second-order valence-electron chi connectivity index (χ2n) is 4.04. The lowest BCUT2D eigenvalue weighted by Gasteiger charge is -2.07. The van der Waals surface area contributed by atoms with Crippen LogP contribution in [0.3, 0.4) is 0 Å². The molecule has 1 aliphatic rings. The first-order valence-corrected chi connectivity index (χ1v) is 4.81. The fraction of sp³-hybridized carbons (Fsp3) is 0.700. The fourth-order valence-corrected chi connectivity index (χ4v) is 2.15. The molecule has 1 aromatic heterocycles. The molecule has 1 fully saturated rings. The maximum absolute atomic E-state index is 10.2. The fourth-order valence-electron chi connectivity index (χ4n) is 2.15. The Balaban J connectivity index is 2.32. The Kier molecular flexibility index (Phi) is 1.74. The molecule has 1 heterocycles. The normalized spacial score (nSPS) is 32.2. The summed E-state index contributed by atoms with van der Waals surface area (Å²) >= 11 is 0. The molecule has 0 aromatic carbocycles. The summed E-state index contributed by atoms with van der Waals surface area (Å²) < 4.78 is 1.77. The highest BCUT2D eigenvalue weighted by molar-refractivity contribution is 5.30. The maximum atomic E-state index is 10.2. The van der Waals surface area contributed by atoms with Gasteiger partial charge >= 0.3 is 0 Å². The summed E-state index contributed by atoms with van der Waals surface area (Å²) in [5, 5.41) is 14.4. The smallest absolute Gasteiger partial charge is 0.0962 e. The van der Waals surface area contributed by atoms with Gasteiger partial charge in [-0.05, 0) is 19.3 Å². The molecular formula is C10H16N2O. The van der Waals surface area contributed by atoms with Crippen molar-refractivity contribution >= 4 is 0 Å². The first-order valence-electron chi connectivity index (χ1n) is 4.81. The minimum atomic E-state index is -0.562. The highest BCUT2D eigenvalue weighted by Crippen LogP contribution is 2.54. The first-order chi connectivity index (χ1) is 6.08. The third-order valence-electron chi connectivity index (χ3n) is 3.05. The molecule has 72 valence electrons. The summed E-state index contributed by atoms with van der Waals surface area (Å²) in [7, 11) is 1.89. The molecule has 0 radical (unpaired) electrons. The molecule has 3 heteroatoms. The van der Waals surface area contributed by atoms with Gasteiger partial charge in [-0.1, -0.05) is 13.3 Å². The van der Waals surface area contributed by atoms with Crippen LogP contribution in [0.25, 0.3) is 0 Å². The van der Waals surface area contributed by atoms with E-state index in [1.807, 2.05) is 20.2 Å². The van der Waals surface area contributed by atoms with Crippen LogP contribution >= 0.6 is 0 Å². The number of hydrogen-bond donors (Lipinski definition) is 1. The van der Waals surface area contributed by atoms with Crippen LogP contribution in [0.15, 0.2) is 6.20 Å². The predicted molar refractivity (Wildman–Crippen MR) is 50.2 cm³/mol. The van der Waals surface area contributed by atoms with Crippen LogP contribution in [0, 0.1) is 12.8 Å². The van der Waals surface area contributed by atoms with Gasteiger partial charge in [-0.2, -0.15) is 5.10 Å². The van der Waals surface area contributed by atoms with Crippen molar-refractivity contribution in [1.29, 1.82) is 0 Å². The van der Waals surface area contributed by atoms with E-state index >= 15 is 0 Å². The van der Waals surface area contributed by atoms with Crippen molar-refractivity contribution in [2.45, 2.75) is 32.3 Å². The third-order valence-corrected chi connectivity index (χ3v) is 3.05. The molecule has 0 amide bonds. The van der Waals surface area contributed by atoms with Gasteiger partial charge < -0.3 is 5.11 Å². The van der Waals surface area contributed by atoms with Gasteiger partial charge in [-0.15, -0.1) is 0 Å². The lowest BCUT2D eigenvalue weighted by molar-refractivity contribution is 0.129. The van der Waals surface area contributed by atoms with E-state index in [-0.39, 0.29) is 0 Å². The average Bonchev–Trinajstić information content (AvgIpc) is 2.61. The Morgan fingerprint density at radius 1 is 1.77 bits per heavy atom. The van der Waals surface area contributed by atoms with E-state index in [1.165, 1.54) is 0 Å². The summed E-state index contributed by atoms with van der Waals surface area (Å²) in [6, 6.07) is 0. The second kappa shape index (κ2) is 2.58. The number of rotatable bonds is 2. The van der Waals surface area contributed by atoms with Gasteiger partial charge in [0.15, 0.2) is 0 Å². The molecule has 1 N–H and O–H groups in total. The van der Waals surface area contributed by atoms with Gasteiger partial charge in [0.05, 0.1) is 11.3 Å². The Hall–Kier alpha value is -0.830. The number of aromatic nitrogens is 2. The number of hydrogen-bond acceptors (Lipinski definition) is 2. The molecule has 0 spiro atoms. The van der Waals surface area contributed by atoms with Crippen LogP contribution in [-0.2, 0) is 12.6 Å². The Morgan fingerprint density at radius 3 is 2.85 bits per heavy atom. The van der Waals surface area contributed by atoms with E-state index in [0.717, 1.165) is 24.1 Å². The summed E-state index contributed by atoms with van der Waals surface area (Å²) in [5.41, 5.74) is 1.41. The Bertz CT molecular complexity index is 332. The summed E-state index contributed by atoms with van der Waals surface area (Å²) in [5.74, 6) is 0.440. The maximum Gasteiger partial charge on any atom is 0.0962 e. The van der Waals surface area contributed by atoms with Crippen LogP contribution in [0.1, 0.15) is 31.0 Å². The zero-order valence-corrected chi connectivity index (χ0v) is 8.41. The van der Waals surface area contributed by atoms with Gasteiger partial charge in [-0.3, -0.25) is 4.68 Å². The molecular weight excluding hydrogens is 164 g/mol. The first kappa shape index (κ1) is 8.75. The van der Waals surface area contributed by atoms with Crippen molar-refractivity contribution in [2.24, 2.45) is 13.0 Å². The molecule has 2 unspecified atom stereocenters. The molecule has 1 aliphatic carbocycles. The molecule has 0 bridgehead atoms. The molecule has 0 aliphatic heterocycles. The van der Waals surface area contributed by atoms with E-state index in [2.05, 4.69) is 12.0 Å². The van der Waals surface area contributed by atoms with E-state index in [0.29, 0.717) is 5.92 Å². The molecule has 13 heavy (non-hydrogen) atoms. The quantitative estimate of drug-likeness (QED) is 0.746. The van der Waals surface area contributed by atoms with E-state index < -0.39 is 5.60 Å². The number of aliphatic hydroxyl groups is 1. The number of aryl methyl sites for hydroxylation is 2. The van der Waals surface area contributed by atoms with Crippen molar-refractivity contribution in [3.05, 3.63) is 17.5 Å². The molecule has 1 saturated carbocycles. The van der Waals surface area contributed by atoms with Gasteiger partial charge in [0.2, 0.25) is 0 Å². The lowest BCUT2D eigenvalue weighted by Crippen LogP contribution is -2.08. The zero-order chi connectivity index (χ0) is 9.64. The molecule has 2 atom stereocenters. The molecule has 2 rings (SSSR count). The Labute approximate surface area is 78.4 Å². The standard InChI is InChI=1S/C10H16N2O/c1-4-8-5-10(8,13)9-6-12(3)11-7(9)2/h6,8,13H,4-5H2,1-3H3. The van der Waals surface area contributed by atoms with Crippen molar-refractivity contribution in [3.63, 3.8) is 0 Å². The van der Waals surface area contributed by atoms with Crippen molar-refractivity contribution in [2.75, 3.05) is 0 Å². The van der Waals surface area contributed by atoms with Crippen LogP contribution < -0.4 is 0 Å². The third kappa shape index (κ3) is 1.18. The topological polar surface area (TPSA) is 38.0 Å². The van der Waals surface area contributed by atoms with E-state index in [1.54, 1.807) is 4.68 Å². The molecule has 1 aromatic rings. The van der Waals surface area contributed by atoms with Gasteiger partial charge in [0.1, 0.15) is 0 Å². The Morgan fingerprint density at radius 2 is 2.46 bits per heavy atom. The highest BCUT2D eigenvalue weighted by atomic mass is 16.3. The van der Waals surface area contributed by atoms with Crippen LogP contribution in [-0.4, -0.2) is 14.9 Å². The largest absolute Gasteiger partial charge is 0.385 e. The van der Waals surface area contributed by atoms with Crippen LogP contribution in [0.5, 0.6) is 0 Å². The minimum Gasteiger partial charge on any atom is -0.385 e. The second-order valence-corrected chi connectivity index (χ2v) is 4.04. The van der Waals surface area contributed by atoms with Gasteiger partial charge in [0.25, 0.3) is 0 Å². The van der Waals surface area contributed by atoms with E-state index in [9.17, 15) is 5.11 Å². The van der Waals surface area contributed by atoms with Gasteiger partial charge in [0, 0.05) is 18.8 Å². The molecule has 0 saturated heterocycles. The van der Waals surface area contributed by atoms with Crippen LogP contribution in [0.2, 0.25) is 0 Å².